The monoisotopic (exact) mass is 327 g/mol. The minimum Gasteiger partial charge on any atom is -0.387 e. The van der Waals surface area contributed by atoms with Crippen molar-refractivity contribution in [2.24, 2.45) is 0 Å². The SMILES string of the molecule is CC[C@H]1O[C@@H](n2cnc3c(N)ncnc32)[C@H](O)[C@H]1Br. The summed E-state index contributed by atoms with van der Waals surface area (Å²) >= 11 is 3.47. The molecule has 0 bridgehead atoms. The van der Waals surface area contributed by atoms with Gasteiger partial charge in [-0.05, 0) is 6.42 Å². The van der Waals surface area contributed by atoms with E-state index >= 15 is 0 Å². The lowest BCUT2D eigenvalue weighted by molar-refractivity contribution is -0.0355. The molecule has 3 rings (SSSR count). The fourth-order valence-corrected chi connectivity index (χ4v) is 3.08. The van der Waals surface area contributed by atoms with Crippen LogP contribution >= 0.6 is 15.9 Å². The van der Waals surface area contributed by atoms with Gasteiger partial charge in [0.2, 0.25) is 0 Å². The highest BCUT2D eigenvalue weighted by molar-refractivity contribution is 9.09. The summed E-state index contributed by atoms with van der Waals surface area (Å²) < 4.78 is 7.55. The van der Waals surface area contributed by atoms with Gasteiger partial charge in [0.25, 0.3) is 0 Å². The van der Waals surface area contributed by atoms with Gasteiger partial charge < -0.3 is 15.6 Å². The first kappa shape index (κ1) is 12.8. The maximum absolute atomic E-state index is 10.3. The first-order chi connectivity index (χ1) is 9.13. The summed E-state index contributed by atoms with van der Waals surface area (Å²) in [4.78, 5) is 12.1. The Bertz CT molecular complexity index is 604. The normalized spacial score (nSPS) is 31.1. The topological polar surface area (TPSA) is 99.1 Å². The summed E-state index contributed by atoms with van der Waals surface area (Å²) in [5, 5.41) is 10.3. The predicted molar refractivity (Wildman–Crippen MR) is 72.7 cm³/mol. The number of hydrogen-bond donors (Lipinski definition) is 2. The van der Waals surface area contributed by atoms with Crippen LogP contribution in [0.3, 0.4) is 0 Å². The number of halogens is 1. The number of ether oxygens (including phenoxy) is 1. The number of hydrogen-bond acceptors (Lipinski definition) is 6. The quantitative estimate of drug-likeness (QED) is 0.793. The van der Waals surface area contributed by atoms with Crippen LogP contribution in [0.4, 0.5) is 5.82 Å². The molecular formula is C11H14BrN5O2. The molecule has 1 aliphatic heterocycles. The van der Waals surface area contributed by atoms with E-state index in [1.165, 1.54) is 6.33 Å². The van der Waals surface area contributed by atoms with E-state index in [-0.39, 0.29) is 10.9 Å². The number of aromatic nitrogens is 4. The highest BCUT2D eigenvalue weighted by Crippen LogP contribution is 2.36. The van der Waals surface area contributed by atoms with E-state index in [4.69, 9.17) is 10.5 Å². The van der Waals surface area contributed by atoms with Gasteiger partial charge in [0.05, 0.1) is 17.3 Å². The third-order valence-corrected chi connectivity index (χ3v) is 4.48. The van der Waals surface area contributed by atoms with E-state index in [0.717, 1.165) is 6.42 Å². The smallest absolute Gasteiger partial charge is 0.167 e. The molecule has 2 aromatic heterocycles. The van der Waals surface area contributed by atoms with Gasteiger partial charge in [0.1, 0.15) is 17.9 Å². The molecule has 3 N–H and O–H groups in total. The summed E-state index contributed by atoms with van der Waals surface area (Å²) in [6, 6.07) is 0. The first-order valence-electron chi connectivity index (χ1n) is 6.04. The van der Waals surface area contributed by atoms with Crippen LogP contribution in [0.25, 0.3) is 11.2 Å². The molecule has 19 heavy (non-hydrogen) atoms. The Morgan fingerprint density at radius 3 is 2.95 bits per heavy atom. The van der Waals surface area contributed by atoms with Crippen LogP contribution in [-0.4, -0.2) is 41.7 Å². The van der Waals surface area contributed by atoms with Crippen LogP contribution in [-0.2, 0) is 4.74 Å². The highest BCUT2D eigenvalue weighted by Gasteiger charge is 2.42. The van der Waals surface area contributed by atoms with E-state index in [1.54, 1.807) is 10.9 Å². The van der Waals surface area contributed by atoms with Crippen molar-refractivity contribution in [3.63, 3.8) is 0 Å². The molecule has 102 valence electrons. The zero-order valence-electron chi connectivity index (χ0n) is 10.3. The molecule has 1 fully saturated rings. The standard InChI is InChI=1S/C11H14BrN5O2/c1-2-5-6(12)8(18)11(19-5)17-4-16-7-9(13)14-3-15-10(7)17/h3-6,8,11,18H,2H2,1H3,(H2,13,14,15)/t5-,6+,8-,11-/m1/s1. The van der Waals surface area contributed by atoms with Crippen molar-refractivity contribution in [1.29, 1.82) is 0 Å². The van der Waals surface area contributed by atoms with Gasteiger partial charge in [-0.25, -0.2) is 15.0 Å². The van der Waals surface area contributed by atoms with E-state index < -0.39 is 12.3 Å². The van der Waals surface area contributed by atoms with E-state index in [2.05, 4.69) is 30.9 Å². The van der Waals surface area contributed by atoms with Crippen molar-refractivity contribution in [3.8, 4) is 0 Å². The average molecular weight is 328 g/mol. The zero-order valence-corrected chi connectivity index (χ0v) is 11.9. The van der Waals surface area contributed by atoms with Gasteiger partial charge in [-0.2, -0.15) is 0 Å². The predicted octanol–water partition coefficient (Wildman–Crippen LogP) is 0.840. The van der Waals surface area contributed by atoms with Gasteiger partial charge >= 0.3 is 0 Å². The summed E-state index contributed by atoms with van der Waals surface area (Å²) in [5.74, 6) is 0.318. The largest absolute Gasteiger partial charge is 0.387 e. The fourth-order valence-electron chi connectivity index (χ4n) is 2.32. The van der Waals surface area contributed by atoms with Gasteiger partial charge in [-0.15, -0.1) is 0 Å². The molecule has 0 radical (unpaired) electrons. The molecule has 2 aromatic rings. The summed E-state index contributed by atoms with van der Waals surface area (Å²) in [7, 11) is 0. The molecular weight excluding hydrogens is 314 g/mol. The molecule has 0 aliphatic carbocycles. The fraction of sp³-hybridized carbons (Fsp3) is 0.545. The van der Waals surface area contributed by atoms with E-state index in [1.807, 2.05) is 6.92 Å². The third-order valence-electron chi connectivity index (χ3n) is 3.35. The Balaban J connectivity index is 2.04. The number of anilines is 1. The van der Waals surface area contributed by atoms with Gasteiger partial charge in [-0.1, -0.05) is 22.9 Å². The lowest BCUT2D eigenvalue weighted by Gasteiger charge is -2.16. The number of aliphatic hydroxyl groups excluding tert-OH is 1. The van der Waals surface area contributed by atoms with Crippen LogP contribution in [0.5, 0.6) is 0 Å². The molecule has 8 heteroatoms. The molecule has 4 atom stereocenters. The second-order valence-corrected chi connectivity index (χ2v) is 5.55. The Labute approximate surface area is 117 Å². The maximum Gasteiger partial charge on any atom is 0.167 e. The summed E-state index contributed by atoms with van der Waals surface area (Å²) in [5.41, 5.74) is 6.83. The summed E-state index contributed by atoms with van der Waals surface area (Å²) in [6.45, 7) is 2.01. The second kappa shape index (κ2) is 4.69. The highest BCUT2D eigenvalue weighted by atomic mass is 79.9. The molecule has 0 spiro atoms. The van der Waals surface area contributed by atoms with E-state index in [0.29, 0.717) is 17.0 Å². The average Bonchev–Trinajstić information content (AvgIpc) is 2.94. The number of nitrogens with two attached hydrogens (primary N) is 1. The Morgan fingerprint density at radius 2 is 2.26 bits per heavy atom. The van der Waals surface area contributed by atoms with Crippen molar-refractivity contribution in [2.45, 2.75) is 36.6 Å². The second-order valence-electron chi connectivity index (χ2n) is 4.49. The number of fused-ring (bicyclic) bond motifs is 1. The van der Waals surface area contributed by atoms with Crippen molar-refractivity contribution in [1.82, 2.24) is 19.5 Å². The van der Waals surface area contributed by atoms with Crippen molar-refractivity contribution in [2.75, 3.05) is 5.73 Å². The Hall–Kier alpha value is -1.25. The number of rotatable bonds is 2. The summed E-state index contributed by atoms with van der Waals surface area (Å²) in [6.07, 6.45) is 2.53. The van der Waals surface area contributed by atoms with Crippen LogP contribution < -0.4 is 5.73 Å². The molecule has 7 nitrogen and oxygen atoms in total. The maximum atomic E-state index is 10.3. The minimum absolute atomic E-state index is 0.0448. The van der Waals surface area contributed by atoms with E-state index in [9.17, 15) is 5.11 Å². The van der Waals surface area contributed by atoms with Crippen molar-refractivity contribution in [3.05, 3.63) is 12.7 Å². The van der Waals surface area contributed by atoms with Crippen LogP contribution in [0.15, 0.2) is 12.7 Å². The molecule has 0 amide bonds. The zero-order chi connectivity index (χ0) is 13.6. The van der Waals surface area contributed by atoms with Gasteiger partial charge in [0, 0.05) is 0 Å². The Morgan fingerprint density at radius 1 is 1.47 bits per heavy atom. The molecule has 0 saturated carbocycles. The number of nitrogen functional groups attached to an aromatic ring is 1. The first-order valence-corrected chi connectivity index (χ1v) is 6.95. The lowest BCUT2D eigenvalue weighted by Crippen LogP contribution is -2.26. The minimum atomic E-state index is -0.668. The third kappa shape index (κ3) is 1.90. The molecule has 0 unspecified atom stereocenters. The van der Waals surface area contributed by atoms with Crippen LogP contribution in [0.1, 0.15) is 19.6 Å². The molecule has 1 saturated heterocycles. The Kier molecular flexibility index (Phi) is 3.15. The van der Waals surface area contributed by atoms with Crippen LogP contribution in [0, 0.1) is 0 Å². The van der Waals surface area contributed by atoms with Gasteiger partial charge in [-0.3, -0.25) is 4.57 Å². The van der Waals surface area contributed by atoms with Crippen molar-refractivity contribution < 1.29 is 9.84 Å². The number of imidazole rings is 1. The molecule has 0 aromatic carbocycles. The van der Waals surface area contributed by atoms with Crippen molar-refractivity contribution >= 4 is 32.9 Å². The van der Waals surface area contributed by atoms with Crippen LogP contribution in [0.2, 0.25) is 0 Å². The lowest BCUT2D eigenvalue weighted by atomic mass is 10.1. The number of nitrogens with zero attached hydrogens (tertiary/aromatic N) is 4. The molecule has 1 aliphatic rings. The van der Waals surface area contributed by atoms with Gasteiger partial charge in [0.15, 0.2) is 17.7 Å². The number of alkyl halides is 1. The number of aliphatic hydroxyl groups is 1. The molecule has 3 heterocycles.